The minimum atomic E-state index is -4.39. The largest absolute Gasteiger partial charge is 0.487 e. The fourth-order valence-electron chi connectivity index (χ4n) is 3.85. The molecule has 0 unspecified atom stereocenters. The van der Waals surface area contributed by atoms with Gasteiger partial charge in [0.15, 0.2) is 11.6 Å². The van der Waals surface area contributed by atoms with Crippen molar-refractivity contribution in [2.24, 2.45) is 0 Å². The summed E-state index contributed by atoms with van der Waals surface area (Å²) in [5.41, 5.74) is 0.985. The number of sulfonamides is 1. The SMILES string of the molecule is CCn1nccc1[C@@H]1CCC[C@H]1Oc1ccc(S(=O)(=O)Nc2ccncn2)c(F)c1F. The predicted octanol–water partition coefficient (Wildman–Crippen LogP) is 3.49. The summed E-state index contributed by atoms with van der Waals surface area (Å²) in [6.07, 6.45) is 6.20. The number of ether oxygens (including phenoxy) is 1. The van der Waals surface area contributed by atoms with E-state index in [-0.39, 0.29) is 23.6 Å². The monoisotopic (exact) mass is 449 g/mol. The average Bonchev–Trinajstić information content (AvgIpc) is 3.40. The predicted molar refractivity (Wildman–Crippen MR) is 108 cm³/mol. The molecule has 1 fully saturated rings. The summed E-state index contributed by atoms with van der Waals surface area (Å²) >= 11 is 0. The van der Waals surface area contributed by atoms with Crippen LogP contribution >= 0.6 is 0 Å². The van der Waals surface area contributed by atoms with Gasteiger partial charge in [0, 0.05) is 30.6 Å². The Morgan fingerprint density at radius 1 is 1.16 bits per heavy atom. The topological polar surface area (TPSA) is 99.0 Å². The number of nitrogens with zero attached hydrogens (tertiary/aromatic N) is 4. The molecular weight excluding hydrogens is 428 g/mol. The number of aromatic nitrogens is 4. The molecule has 164 valence electrons. The Hall–Kier alpha value is -3.08. The van der Waals surface area contributed by atoms with Crippen molar-refractivity contribution in [3.05, 3.63) is 60.3 Å². The van der Waals surface area contributed by atoms with E-state index in [0.29, 0.717) is 13.0 Å². The lowest BCUT2D eigenvalue weighted by Gasteiger charge is -2.22. The standard InChI is InChI=1S/C20H21F2N5O3S/c1-2-27-14(8-11-25-27)13-4-3-5-15(13)30-16-6-7-17(20(22)19(16)21)31(28,29)26-18-9-10-23-12-24-18/h6-13,15H,2-5H2,1H3,(H,23,24,26)/t13-,15+/m0/s1. The van der Waals surface area contributed by atoms with E-state index in [1.54, 1.807) is 6.20 Å². The highest BCUT2D eigenvalue weighted by Gasteiger charge is 2.34. The van der Waals surface area contributed by atoms with Crippen molar-refractivity contribution in [2.45, 2.75) is 49.6 Å². The Labute approximate surface area is 178 Å². The highest BCUT2D eigenvalue weighted by molar-refractivity contribution is 7.92. The molecule has 3 aromatic rings. The maximum atomic E-state index is 14.8. The number of rotatable bonds is 7. The Kier molecular flexibility index (Phi) is 5.86. The molecule has 8 nitrogen and oxygen atoms in total. The number of nitrogens with one attached hydrogen (secondary N) is 1. The first-order chi connectivity index (χ1) is 14.9. The second-order valence-electron chi connectivity index (χ2n) is 7.16. The number of benzene rings is 1. The fourth-order valence-corrected chi connectivity index (χ4v) is 4.93. The third kappa shape index (κ3) is 4.22. The van der Waals surface area contributed by atoms with Crippen molar-refractivity contribution < 1.29 is 21.9 Å². The summed E-state index contributed by atoms with van der Waals surface area (Å²) in [7, 11) is -4.39. The van der Waals surface area contributed by atoms with Gasteiger partial charge in [0.05, 0.1) is 0 Å². The zero-order chi connectivity index (χ0) is 22.0. The zero-order valence-electron chi connectivity index (χ0n) is 16.7. The van der Waals surface area contributed by atoms with Gasteiger partial charge >= 0.3 is 0 Å². The molecule has 4 rings (SSSR count). The molecule has 1 aromatic carbocycles. The molecule has 11 heteroatoms. The van der Waals surface area contributed by atoms with E-state index in [1.165, 1.54) is 12.3 Å². The Balaban J connectivity index is 1.57. The van der Waals surface area contributed by atoms with Crippen LogP contribution in [0.3, 0.4) is 0 Å². The average molecular weight is 449 g/mol. The van der Waals surface area contributed by atoms with E-state index >= 15 is 0 Å². The molecule has 0 amide bonds. The maximum absolute atomic E-state index is 14.8. The van der Waals surface area contributed by atoms with Crippen molar-refractivity contribution >= 4 is 15.8 Å². The Morgan fingerprint density at radius 3 is 2.74 bits per heavy atom. The molecule has 0 saturated heterocycles. The van der Waals surface area contributed by atoms with Crippen LogP contribution in [-0.2, 0) is 16.6 Å². The summed E-state index contributed by atoms with van der Waals surface area (Å²) in [6, 6.07) is 5.32. The number of anilines is 1. The van der Waals surface area contributed by atoms with E-state index in [2.05, 4.69) is 19.8 Å². The molecule has 2 atom stereocenters. The third-order valence-corrected chi connectivity index (χ3v) is 6.65. The van der Waals surface area contributed by atoms with Gasteiger partial charge in [-0.1, -0.05) is 0 Å². The van der Waals surface area contributed by atoms with Crippen molar-refractivity contribution in [1.82, 2.24) is 19.7 Å². The number of halogens is 2. The van der Waals surface area contributed by atoms with Gasteiger partial charge in [0.25, 0.3) is 10.0 Å². The molecule has 0 radical (unpaired) electrons. The lowest BCUT2D eigenvalue weighted by atomic mass is 10.0. The molecule has 1 aliphatic carbocycles. The number of aryl methyl sites for hydroxylation is 1. The second kappa shape index (κ2) is 8.58. The highest BCUT2D eigenvalue weighted by Crippen LogP contribution is 2.38. The van der Waals surface area contributed by atoms with Crippen molar-refractivity contribution in [3.8, 4) is 5.75 Å². The van der Waals surface area contributed by atoms with Crippen LogP contribution in [0.1, 0.15) is 37.8 Å². The van der Waals surface area contributed by atoms with Gasteiger partial charge in [-0.2, -0.15) is 9.49 Å². The van der Waals surface area contributed by atoms with Gasteiger partial charge in [-0.25, -0.2) is 22.8 Å². The van der Waals surface area contributed by atoms with Gasteiger partial charge in [-0.05, 0) is 50.5 Å². The molecule has 2 heterocycles. The molecule has 0 bridgehead atoms. The van der Waals surface area contributed by atoms with Gasteiger partial charge in [-0.3, -0.25) is 9.40 Å². The number of hydrogen-bond acceptors (Lipinski definition) is 6. The molecule has 2 aromatic heterocycles. The summed E-state index contributed by atoms with van der Waals surface area (Å²) in [6.45, 7) is 2.67. The van der Waals surface area contributed by atoms with E-state index < -0.39 is 26.6 Å². The van der Waals surface area contributed by atoms with Crippen molar-refractivity contribution in [3.63, 3.8) is 0 Å². The third-order valence-electron chi connectivity index (χ3n) is 5.28. The molecule has 1 saturated carbocycles. The van der Waals surface area contributed by atoms with Gasteiger partial charge < -0.3 is 4.74 Å². The zero-order valence-corrected chi connectivity index (χ0v) is 17.5. The van der Waals surface area contributed by atoms with Crippen LogP contribution in [0.5, 0.6) is 5.75 Å². The molecule has 31 heavy (non-hydrogen) atoms. The Morgan fingerprint density at radius 2 is 2.00 bits per heavy atom. The Bertz CT molecular complexity index is 1170. The second-order valence-corrected chi connectivity index (χ2v) is 8.81. The lowest BCUT2D eigenvalue weighted by Crippen LogP contribution is -2.23. The molecule has 1 aliphatic rings. The maximum Gasteiger partial charge on any atom is 0.266 e. The molecule has 0 aliphatic heterocycles. The summed E-state index contributed by atoms with van der Waals surface area (Å²) in [5.74, 6) is -3.24. The van der Waals surface area contributed by atoms with Crippen LogP contribution in [-0.4, -0.2) is 34.3 Å². The van der Waals surface area contributed by atoms with Crippen LogP contribution in [0.15, 0.2) is 47.9 Å². The van der Waals surface area contributed by atoms with Gasteiger partial charge in [-0.15, -0.1) is 0 Å². The minimum Gasteiger partial charge on any atom is -0.487 e. The first-order valence-electron chi connectivity index (χ1n) is 9.86. The fraction of sp³-hybridized carbons (Fsp3) is 0.350. The summed E-state index contributed by atoms with van der Waals surface area (Å²) < 4.78 is 64.2. The number of hydrogen-bond donors (Lipinski definition) is 1. The van der Waals surface area contributed by atoms with Crippen LogP contribution in [0, 0.1) is 11.6 Å². The van der Waals surface area contributed by atoms with E-state index in [4.69, 9.17) is 4.74 Å². The summed E-state index contributed by atoms with van der Waals surface area (Å²) in [5, 5.41) is 4.27. The van der Waals surface area contributed by atoms with Crippen LogP contribution < -0.4 is 9.46 Å². The van der Waals surface area contributed by atoms with Gasteiger partial charge in [0.1, 0.15) is 23.1 Å². The quantitative estimate of drug-likeness (QED) is 0.593. The van der Waals surface area contributed by atoms with E-state index in [9.17, 15) is 17.2 Å². The highest BCUT2D eigenvalue weighted by atomic mass is 32.2. The molecular formula is C20H21F2N5O3S. The van der Waals surface area contributed by atoms with Crippen LogP contribution in [0.4, 0.5) is 14.6 Å². The van der Waals surface area contributed by atoms with Crippen LogP contribution in [0.2, 0.25) is 0 Å². The normalized spacial score (nSPS) is 18.8. The lowest BCUT2D eigenvalue weighted by molar-refractivity contribution is 0.176. The molecule has 1 N–H and O–H groups in total. The van der Waals surface area contributed by atoms with Crippen LogP contribution in [0.25, 0.3) is 0 Å². The summed E-state index contributed by atoms with van der Waals surface area (Å²) in [4.78, 5) is 6.57. The van der Waals surface area contributed by atoms with E-state index in [0.717, 1.165) is 37.0 Å². The van der Waals surface area contributed by atoms with Crippen molar-refractivity contribution in [1.29, 1.82) is 0 Å². The first kappa shape index (κ1) is 21.2. The van der Waals surface area contributed by atoms with Gasteiger partial charge in [0.2, 0.25) is 5.82 Å². The molecule has 0 spiro atoms. The smallest absolute Gasteiger partial charge is 0.266 e. The van der Waals surface area contributed by atoms with Crippen molar-refractivity contribution in [2.75, 3.05) is 4.72 Å². The first-order valence-corrected chi connectivity index (χ1v) is 11.3. The minimum absolute atomic E-state index is 0.00671. The van der Waals surface area contributed by atoms with E-state index in [1.807, 2.05) is 17.7 Å².